The maximum atomic E-state index is 10.7. The molecule has 0 aliphatic heterocycles. The molecular weight excluding hydrogens is 385 g/mol. The third kappa shape index (κ3) is 7.85. The van der Waals surface area contributed by atoms with E-state index >= 15 is 0 Å². The van der Waals surface area contributed by atoms with Crippen LogP contribution in [0.4, 0.5) is 0 Å². The van der Waals surface area contributed by atoms with Gasteiger partial charge in [-0.05, 0) is 74.8 Å². The van der Waals surface area contributed by atoms with Crippen LogP contribution in [0.3, 0.4) is 0 Å². The second kappa shape index (κ2) is 11.8. The number of allylic oxidation sites excluding steroid dienone is 4. The van der Waals surface area contributed by atoms with Gasteiger partial charge in [0.25, 0.3) is 0 Å². The molecule has 1 saturated carbocycles. The van der Waals surface area contributed by atoms with Gasteiger partial charge in [-0.2, -0.15) is 0 Å². The van der Waals surface area contributed by atoms with E-state index in [4.69, 9.17) is 28.9 Å². The van der Waals surface area contributed by atoms with Crippen molar-refractivity contribution < 1.29 is 4.79 Å². The maximum absolute atomic E-state index is 10.7. The lowest BCUT2D eigenvalue weighted by Gasteiger charge is -2.14. The van der Waals surface area contributed by atoms with E-state index in [1.54, 1.807) is 0 Å². The summed E-state index contributed by atoms with van der Waals surface area (Å²) in [6.45, 7) is 0. The number of unbranched alkanes of at least 4 members (excludes halogenated alkanes) is 2. The Bertz CT molecular complexity index is 624. The molecule has 0 radical (unpaired) electrons. The highest BCUT2D eigenvalue weighted by Gasteiger charge is 2.23. The van der Waals surface area contributed by atoms with Gasteiger partial charge in [-0.15, -0.1) is 11.3 Å². The highest BCUT2D eigenvalue weighted by molar-refractivity contribution is 7.20. The molecule has 0 saturated heterocycles. The van der Waals surface area contributed by atoms with Crippen LogP contribution < -0.4 is 5.73 Å². The van der Waals surface area contributed by atoms with Crippen LogP contribution in [-0.4, -0.2) is 5.91 Å². The molecule has 0 unspecified atom stereocenters. The Hall–Kier alpha value is -0.770. The van der Waals surface area contributed by atoms with Crippen molar-refractivity contribution in [3.05, 3.63) is 44.6 Å². The Labute approximate surface area is 171 Å². The van der Waals surface area contributed by atoms with Gasteiger partial charge < -0.3 is 5.73 Å². The normalized spacial score (nSPS) is 20.5. The minimum atomic E-state index is -0.205. The highest BCUT2D eigenvalue weighted by Crippen LogP contribution is 2.36. The lowest BCUT2D eigenvalue weighted by atomic mass is 9.92. The summed E-state index contributed by atoms with van der Waals surface area (Å²) in [6, 6.07) is 1.99. The fraction of sp³-hybridized carbons (Fsp3) is 0.571. The molecule has 1 fully saturated rings. The molecule has 1 aliphatic carbocycles. The molecule has 2 N–H and O–H groups in total. The zero-order chi connectivity index (χ0) is 18.8. The van der Waals surface area contributed by atoms with E-state index in [2.05, 4.69) is 24.3 Å². The van der Waals surface area contributed by atoms with Gasteiger partial charge in [-0.25, -0.2) is 0 Å². The zero-order valence-corrected chi connectivity index (χ0v) is 17.6. The summed E-state index contributed by atoms with van der Waals surface area (Å²) in [7, 11) is 0. The molecule has 144 valence electrons. The minimum absolute atomic E-state index is 0.205. The summed E-state index contributed by atoms with van der Waals surface area (Å²) in [5.74, 6) is 1.27. The van der Waals surface area contributed by atoms with Gasteiger partial charge in [-0.1, -0.05) is 53.9 Å². The first-order valence-electron chi connectivity index (χ1n) is 9.60. The van der Waals surface area contributed by atoms with E-state index in [0.717, 1.165) is 53.1 Å². The number of carbonyl (C=O) groups is 1. The molecule has 26 heavy (non-hydrogen) atoms. The summed E-state index contributed by atoms with van der Waals surface area (Å²) in [5.41, 5.74) is 6.33. The number of thiophene rings is 1. The summed E-state index contributed by atoms with van der Waals surface area (Å²) in [4.78, 5) is 10.7. The minimum Gasteiger partial charge on any atom is -0.370 e. The molecule has 1 heterocycles. The van der Waals surface area contributed by atoms with Crippen LogP contribution in [0.2, 0.25) is 8.67 Å². The highest BCUT2D eigenvalue weighted by atomic mass is 35.5. The first-order chi connectivity index (χ1) is 12.6. The fourth-order valence-corrected chi connectivity index (χ4v) is 5.17. The third-order valence-electron chi connectivity index (χ3n) is 5.04. The van der Waals surface area contributed by atoms with Crippen molar-refractivity contribution in [2.24, 2.45) is 17.6 Å². The van der Waals surface area contributed by atoms with E-state index in [1.807, 2.05) is 6.07 Å². The van der Waals surface area contributed by atoms with Gasteiger partial charge >= 0.3 is 0 Å². The number of aryl methyl sites for hydroxylation is 1. The number of amides is 1. The SMILES string of the molecule is NC(=O)CCC/C=C\C[C@H]1CCC[C@@H]1/C=C/CCCc1cc(Cl)sc1Cl. The topological polar surface area (TPSA) is 43.1 Å². The van der Waals surface area contributed by atoms with Crippen LogP contribution >= 0.6 is 34.5 Å². The van der Waals surface area contributed by atoms with E-state index in [0.29, 0.717) is 12.3 Å². The quantitative estimate of drug-likeness (QED) is 0.309. The Morgan fingerprint density at radius 3 is 2.73 bits per heavy atom. The molecule has 1 aromatic rings. The largest absolute Gasteiger partial charge is 0.370 e. The lowest BCUT2D eigenvalue weighted by molar-refractivity contribution is -0.118. The van der Waals surface area contributed by atoms with Crippen molar-refractivity contribution >= 4 is 40.4 Å². The molecule has 2 atom stereocenters. The predicted octanol–water partition coefficient (Wildman–Crippen LogP) is 6.95. The van der Waals surface area contributed by atoms with Gasteiger partial charge in [0.1, 0.15) is 0 Å². The summed E-state index contributed by atoms with van der Waals surface area (Å²) < 4.78 is 1.61. The average molecular weight is 414 g/mol. The van der Waals surface area contributed by atoms with Crippen molar-refractivity contribution in [1.29, 1.82) is 0 Å². The number of hydrogen-bond acceptors (Lipinski definition) is 2. The van der Waals surface area contributed by atoms with Crippen LogP contribution in [0.1, 0.15) is 63.4 Å². The van der Waals surface area contributed by atoms with Crippen LogP contribution in [0, 0.1) is 11.8 Å². The number of halogens is 2. The maximum Gasteiger partial charge on any atom is 0.217 e. The number of nitrogens with two attached hydrogens (primary N) is 1. The van der Waals surface area contributed by atoms with E-state index in [1.165, 1.54) is 36.2 Å². The van der Waals surface area contributed by atoms with Crippen molar-refractivity contribution in [1.82, 2.24) is 0 Å². The van der Waals surface area contributed by atoms with Gasteiger partial charge in [0.2, 0.25) is 5.91 Å². The molecule has 1 aliphatic rings. The van der Waals surface area contributed by atoms with Gasteiger partial charge in [-0.3, -0.25) is 4.79 Å². The molecule has 0 spiro atoms. The van der Waals surface area contributed by atoms with Crippen molar-refractivity contribution in [3.63, 3.8) is 0 Å². The van der Waals surface area contributed by atoms with Gasteiger partial charge in [0.15, 0.2) is 0 Å². The fourth-order valence-electron chi connectivity index (χ4n) is 3.62. The number of carbonyl (C=O) groups excluding carboxylic acids is 1. The molecule has 1 aromatic heterocycles. The van der Waals surface area contributed by atoms with Crippen LogP contribution in [-0.2, 0) is 11.2 Å². The average Bonchev–Trinajstić information content (AvgIpc) is 3.16. The number of primary amides is 1. The Morgan fingerprint density at radius 1 is 1.19 bits per heavy atom. The van der Waals surface area contributed by atoms with E-state index in [9.17, 15) is 4.79 Å². The second-order valence-corrected chi connectivity index (χ2v) is 9.38. The first kappa shape index (κ1) is 21.5. The summed E-state index contributed by atoms with van der Waals surface area (Å²) in [6.07, 6.45) is 19.9. The number of hydrogen-bond donors (Lipinski definition) is 1. The third-order valence-corrected chi connectivity index (χ3v) is 6.61. The smallest absolute Gasteiger partial charge is 0.217 e. The van der Waals surface area contributed by atoms with Crippen molar-refractivity contribution in [2.75, 3.05) is 0 Å². The molecule has 0 aromatic carbocycles. The summed E-state index contributed by atoms with van der Waals surface area (Å²) >= 11 is 13.6. The Kier molecular flexibility index (Phi) is 9.80. The second-order valence-electron chi connectivity index (χ2n) is 7.09. The van der Waals surface area contributed by atoms with Gasteiger partial charge in [0.05, 0.1) is 8.67 Å². The van der Waals surface area contributed by atoms with E-state index in [-0.39, 0.29) is 5.91 Å². The zero-order valence-electron chi connectivity index (χ0n) is 15.3. The standard InChI is InChI=1S/C21H29Cl2NOS/c22-19-15-18(21(23)26-19)11-6-3-5-10-17-13-8-12-16(17)9-4-1-2-7-14-20(24)25/h1,4-5,10,15-17H,2-3,6-9,11-14H2,(H2,24,25)/b4-1-,10-5+/t16-,17-/m0/s1. The molecule has 2 nitrogen and oxygen atoms in total. The van der Waals surface area contributed by atoms with E-state index < -0.39 is 0 Å². The Balaban J connectivity index is 1.64. The molecular formula is C21H29Cl2NOS. The first-order valence-corrected chi connectivity index (χ1v) is 11.2. The van der Waals surface area contributed by atoms with Crippen LogP contribution in [0.25, 0.3) is 0 Å². The van der Waals surface area contributed by atoms with Crippen LogP contribution in [0.15, 0.2) is 30.4 Å². The van der Waals surface area contributed by atoms with Crippen molar-refractivity contribution in [2.45, 2.75) is 64.2 Å². The molecule has 2 rings (SSSR count). The van der Waals surface area contributed by atoms with Crippen LogP contribution in [0.5, 0.6) is 0 Å². The monoisotopic (exact) mass is 413 g/mol. The molecule has 5 heteroatoms. The van der Waals surface area contributed by atoms with Gasteiger partial charge in [0, 0.05) is 6.42 Å². The molecule has 0 bridgehead atoms. The van der Waals surface area contributed by atoms with Crippen molar-refractivity contribution in [3.8, 4) is 0 Å². The number of rotatable bonds is 11. The lowest BCUT2D eigenvalue weighted by Crippen LogP contribution is -2.09. The summed E-state index contributed by atoms with van der Waals surface area (Å²) in [5, 5.41) is 0. The molecule has 1 amide bonds. The predicted molar refractivity (Wildman–Crippen MR) is 114 cm³/mol. The Morgan fingerprint density at radius 2 is 2.00 bits per heavy atom.